The summed E-state index contributed by atoms with van der Waals surface area (Å²) in [4.78, 5) is 12.7. The number of alkyl halides is 1. The zero-order valence-electron chi connectivity index (χ0n) is 12.3. The number of hydrogen-bond acceptors (Lipinski definition) is 2. The predicted molar refractivity (Wildman–Crippen MR) is 86.7 cm³/mol. The second-order valence-electron chi connectivity index (χ2n) is 6.09. The van der Waals surface area contributed by atoms with Gasteiger partial charge in [0, 0.05) is 24.4 Å². The van der Waals surface area contributed by atoms with Crippen molar-refractivity contribution in [2.75, 3.05) is 20.3 Å². The van der Waals surface area contributed by atoms with Gasteiger partial charge in [0.15, 0.2) is 0 Å². The quantitative estimate of drug-likeness (QED) is 0.800. The van der Waals surface area contributed by atoms with Crippen LogP contribution in [0.3, 0.4) is 0 Å². The molecular formula is C17H22BrNO2. The van der Waals surface area contributed by atoms with Gasteiger partial charge >= 0.3 is 0 Å². The smallest absolute Gasteiger partial charge is 0.224 e. The van der Waals surface area contributed by atoms with Crippen molar-refractivity contribution in [1.29, 1.82) is 0 Å². The number of hydrogen-bond donors (Lipinski definition) is 1. The Morgan fingerprint density at radius 3 is 3.10 bits per heavy atom. The second-order valence-corrected chi connectivity index (χ2v) is 7.38. The van der Waals surface area contributed by atoms with Crippen LogP contribution in [0.2, 0.25) is 0 Å². The SMILES string of the molecule is COCC(Br)CCNC(=O)C1C2CCc3ccccc3C21. The van der Waals surface area contributed by atoms with Gasteiger partial charge < -0.3 is 10.1 Å². The third kappa shape index (κ3) is 3.16. The van der Waals surface area contributed by atoms with E-state index >= 15 is 0 Å². The summed E-state index contributed by atoms with van der Waals surface area (Å²) in [7, 11) is 1.69. The number of halogens is 1. The lowest BCUT2D eigenvalue weighted by Gasteiger charge is -2.13. The summed E-state index contributed by atoms with van der Waals surface area (Å²) in [5.41, 5.74) is 2.85. The zero-order valence-corrected chi connectivity index (χ0v) is 13.9. The van der Waals surface area contributed by atoms with Crippen LogP contribution in [0, 0.1) is 11.8 Å². The molecular weight excluding hydrogens is 330 g/mol. The molecule has 1 amide bonds. The minimum atomic E-state index is 0.199. The maximum absolute atomic E-state index is 12.4. The van der Waals surface area contributed by atoms with Crippen molar-refractivity contribution < 1.29 is 9.53 Å². The largest absolute Gasteiger partial charge is 0.384 e. The Kier molecular flexibility index (Phi) is 4.65. The molecule has 0 aromatic heterocycles. The average Bonchev–Trinajstić information content (AvgIpc) is 3.22. The number of rotatable bonds is 6. The monoisotopic (exact) mass is 351 g/mol. The van der Waals surface area contributed by atoms with Crippen LogP contribution in [0.15, 0.2) is 24.3 Å². The molecule has 4 atom stereocenters. The van der Waals surface area contributed by atoms with Gasteiger partial charge in [-0.2, -0.15) is 0 Å². The number of amides is 1. The minimum Gasteiger partial charge on any atom is -0.384 e. The third-order valence-electron chi connectivity index (χ3n) is 4.74. The van der Waals surface area contributed by atoms with Crippen LogP contribution in [-0.2, 0) is 16.0 Å². The van der Waals surface area contributed by atoms with Crippen molar-refractivity contribution in [2.45, 2.75) is 30.0 Å². The summed E-state index contributed by atoms with van der Waals surface area (Å²) >= 11 is 3.55. The molecule has 4 unspecified atom stereocenters. The van der Waals surface area contributed by atoms with Crippen molar-refractivity contribution in [3.05, 3.63) is 35.4 Å². The second kappa shape index (κ2) is 6.49. The molecule has 0 aliphatic heterocycles. The van der Waals surface area contributed by atoms with Gasteiger partial charge in [-0.3, -0.25) is 4.79 Å². The summed E-state index contributed by atoms with van der Waals surface area (Å²) in [6.07, 6.45) is 3.18. The van der Waals surface area contributed by atoms with Crippen LogP contribution >= 0.6 is 15.9 Å². The van der Waals surface area contributed by atoms with Gasteiger partial charge in [-0.1, -0.05) is 40.2 Å². The third-order valence-corrected chi connectivity index (χ3v) is 5.46. The van der Waals surface area contributed by atoms with Gasteiger partial charge in [0.25, 0.3) is 0 Å². The molecule has 0 heterocycles. The highest BCUT2D eigenvalue weighted by molar-refractivity contribution is 9.09. The number of methoxy groups -OCH3 is 1. The molecule has 114 valence electrons. The van der Waals surface area contributed by atoms with Crippen LogP contribution in [0.4, 0.5) is 0 Å². The summed E-state index contributed by atoms with van der Waals surface area (Å²) in [5, 5.41) is 3.10. The van der Waals surface area contributed by atoms with Crippen molar-refractivity contribution in [3.8, 4) is 0 Å². The number of benzene rings is 1. The highest BCUT2D eigenvalue weighted by Crippen LogP contribution is 2.59. The van der Waals surface area contributed by atoms with Crippen LogP contribution < -0.4 is 5.32 Å². The number of carbonyl (C=O) groups is 1. The lowest BCUT2D eigenvalue weighted by Crippen LogP contribution is -2.29. The highest BCUT2D eigenvalue weighted by Gasteiger charge is 2.56. The molecule has 3 nitrogen and oxygen atoms in total. The van der Waals surface area contributed by atoms with Crippen molar-refractivity contribution >= 4 is 21.8 Å². The topological polar surface area (TPSA) is 38.3 Å². The van der Waals surface area contributed by atoms with E-state index in [0.29, 0.717) is 23.3 Å². The van der Waals surface area contributed by atoms with Gasteiger partial charge in [0.05, 0.1) is 6.61 Å². The van der Waals surface area contributed by atoms with Gasteiger partial charge in [-0.15, -0.1) is 0 Å². The van der Waals surface area contributed by atoms with E-state index in [-0.39, 0.29) is 11.8 Å². The first-order valence-electron chi connectivity index (χ1n) is 7.71. The molecule has 3 rings (SSSR count). The highest BCUT2D eigenvalue weighted by atomic mass is 79.9. The fourth-order valence-corrected chi connectivity index (χ4v) is 4.15. The summed E-state index contributed by atoms with van der Waals surface area (Å²) in [6.45, 7) is 1.40. The van der Waals surface area contributed by atoms with Gasteiger partial charge in [-0.25, -0.2) is 0 Å². The Morgan fingerprint density at radius 2 is 2.29 bits per heavy atom. The lowest BCUT2D eigenvalue weighted by atomic mass is 9.92. The first-order chi connectivity index (χ1) is 10.2. The Balaban J connectivity index is 1.52. The maximum atomic E-state index is 12.4. The number of carbonyl (C=O) groups excluding carboxylic acids is 1. The molecule has 2 aliphatic rings. The lowest BCUT2D eigenvalue weighted by molar-refractivity contribution is -0.122. The van der Waals surface area contributed by atoms with E-state index in [0.717, 1.165) is 25.8 Å². The van der Waals surface area contributed by atoms with E-state index in [9.17, 15) is 4.79 Å². The molecule has 1 N–H and O–H groups in total. The molecule has 0 saturated heterocycles. The molecule has 1 aromatic rings. The Morgan fingerprint density at radius 1 is 1.48 bits per heavy atom. The fraction of sp³-hybridized carbons (Fsp3) is 0.588. The van der Waals surface area contributed by atoms with Gasteiger partial charge in [-0.05, 0) is 42.2 Å². The number of ether oxygens (including phenoxy) is 1. The molecule has 1 saturated carbocycles. The minimum absolute atomic E-state index is 0.199. The van der Waals surface area contributed by atoms with E-state index in [4.69, 9.17) is 4.74 Å². The zero-order chi connectivity index (χ0) is 14.8. The van der Waals surface area contributed by atoms with Gasteiger partial charge in [0.1, 0.15) is 0 Å². The molecule has 1 aromatic carbocycles. The summed E-state index contributed by atoms with van der Waals surface area (Å²) in [6, 6.07) is 8.60. The number of fused-ring (bicyclic) bond motifs is 3. The van der Waals surface area contributed by atoms with E-state index in [1.54, 1.807) is 7.11 Å². The van der Waals surface area contributed by atoms with Crippen LogP contribution in [0.25, 0.3) is 0 Å². The number of aryl methyl sites for hydroxylation is 1. The van der Waals surface area contributed by atoms with Crippen LogP contribution in [0.5, 0.6) is 0 Å². The normalized spacial score (nSPS) is 27.4. The molecule has 1 fully saturated rings. The van der Waals surface area contributed by atoms with E-state index in [1.165, 1.54) is 11.1 Å². The first-order valence-corrected chi connectivity index (χ1v) is 8.62. The van der Waals surface area contributed by atoms with Crippen molar-refractivity contribution in [1.82, 2.24) is 5.32 Å². The number of nitrogens with one attached hydrogen (secondary N) is 1. The van der Waals surface area contributed by atoms with E-state index < -0.39 is 0 Å². The predicted octanol–water partition coefficient (Wildman–Crippen LogP) is 2.88. The molecule has 2 aliphatic carbocycles. The first kappa shape index (κ1) is 15.0. The fourth-order valence-electron chi connectivity index (χ4n) is 3.66. The average molecular weight is 352 g/mol. The molecule has 0 bridgehead atoms. The van der Waals surface area contributed by atoms with Crippen molar-refractivity contribution in [2.24, 2.45) is 11.8 Å². The summed E-state index contributed by atoms with van der Waals surface area (Å²) in [5.74, 6) is 1.47. The Labute approximate surface area is 134 Å². The van der Waals surface area contributed by atoms with E-state index in [1.807, 2.05) is 0 Å². The van der Waals surface area contributed by atoms with E-state index in [2.05, 4.69) is 45.5 Å². The molecule has 4 heteroatoms. The Hall–Kier alpha value is -0.870. The summed E-state index contributed by atoms with van der Waals surface area (Å²) < 4.78 is 5.08. The maximum Gasteiger partial charge on any atom is 0.224 e. The standard InChI is InChI=1S/C17H22BrNO2/c1-21-10-12(18)8-9-19-17(20)16-14-7-6-11-4-2-3-5-13(11)15(14)16/h2-5,12,14-16H,6-10H2,1H3,(H,19,20). The van der Waals surface area contributed by atoms with Crippen molar-refractivity contribution in [3.63, 3.8) is 0 Å². The molecule has 0 radical (unpaired) electrons. The molecule has 21 heavy (non-hydrogen) atoms. The van der Waals surface area contributed by atoms with Gasteiger partial charge in [0.2, 0.25) is 5.91 Å². The van der Waals surface area contributed by atoms with Crippen LogP contribution in [-0.4, -0.2) is 31.0 Å². The van der Waals surface area contributed by atoms with Crippen LogP contribution in [0.1, 0.15) is 29.9 Å². The molecule has 0 spiro atoms. The Bertz CT molecular complexity index is 519.